The van der Waals surface area contributed by atoms with E-state index in [0.29, 0.717) is 29.2 Å². The molecule has 1 atom stereocenters. The fraction of sp³-hybridized carbons (Fsp3) is 0.300. The van der Waals surface area contributed by atoms with Crippen molar-refractivity contribution in [3.63, 3.8) is 0 Å². The van der Waals surface area contributed by atoms with Gasteiger partial charge in [-0.25, -0.2) is 0 Å². The number of Topliss-reactive ketones (excluding diaryl/α,β-unsaturated/α-hetero) is 1. The van der Waals surface area contributed by atoms with Crippen molar-refractivity contribution in [3.8, 4) is 17.2 Å². The second kappa shape index (κ2) is 8.89. The van der Waals surface area contributed by atoms with Crippen LogP contribution in [0.5, 0.6) is 17.2 Å². The third-order valence-corrected chi connectivity index (χ3v) is 4.00. The number of ether oxygens (including phenoxy) is 3. The number of carbonyl (C=O) groups is 2. The van der Waals surface area contributed by atoms with Gasteiger partial charge in [-0.1, -0.05) is 18.2 Å². The number of carbonyl (C=O) groups excluding carboxylic acids is 2. The molecule has 0 radical (unpaired) electrons. The molecule has 6 nitrogen and oxygen atoms in total. The molecule has 138 valence electrons. The molecule has 0 fully saturated rings. The Morgan fingerprint density at radius 2 is 1.54 bits per heavy atom. The number of ketones is 1. The zero-order valence-electron chi connectivity index (χ0n) is 15.4. The normalized spacial score (nSPS) is 11.4. The smallest absolute Gasteiger partial charge is 0.251 e. The number of methoxy groups -OCH3 is 3. The van der Waals surface area contributed by atoms with Gasteiger partial charge in [-0.3, -0.25) is 9.59 Å². The van der Waals surface area contributed by atoms with Crippen LogP contribution in [0.25, 0.3) is 0 Å². The van der Waals surface area contributed by atoms with Gasteiger partial charge < -0.3 is 19.5 Å². The minimum Gasteiger partial charge on any atom is -0.493 e. The van der Waals surface area contributed by atoms with Crippen LogP contribution in [0.15, 0.2) is 42.5 Å². The van der Waals surface area contributed by atoms with Crippen LogP contribution in [0, 0.1) is 0 Å². The van der Waals surface area contributed by atoms with Gasteiger partial charge in [0.1, 0.15) is 0 Å². The van der Waals surface area contributed by atoms with Crippen LogP contribution in [0.3, 0.4) is 0 Å². The van der Waals surface area contributed by atoms with Crippen LogP contribution in [-0.4, -0.2) is 39.1 Å². The molecule has 2 rings (SSSR count). The van der Waals surface area contributed by atoms with Gasteiger partial charge in [-0.2, -0.15) is 0 Å². The Balaban J connectivity index is 2.25. The topological polar surface area (TPSA) is 73.9 Å². The first-order valence-corrected chi connectivity index (χ1v) is 8.15. The van der Waals surface area contributed by atoms with Crippen LogP contribution >= 0.6 is 0 Å². The summed E-state index contributed by atoms with van der Waals surface area (Å²) in [6.45, 7) is 1.45. The van der Waals surface area contributed by atoms with E-state index in [-0.39, 0.29) is 11.7 Å². The zero-order valence-corrected chi connectivity index (χ0v) is 15.4. The molecule has 0 saturated carbocycles. The quantitative estimate of drug-likeness (QED) is 0.786. The van der Waals surface area contributed by atoms with Crippen LogP contribution in [0.4, 0.5) is 0 Å². The predicted molar refractivity (Wildman–Crippen MR) is 98.2 cm³/mol. The van der Waals surface area contributed by atoms with Gasteiger partial charge in [-0.15, -0.1) is 0 Å². The van der Waals surface area contributed by atoms with E-state index in [2.05, 4.69) is 5.32 Å². The van der Waals surface area contributed by atoms with Gasteiger partial charge >= 0.3 is 0 Å². The molecule has 1 N–H and O–H groups in total. The summed E-state index contributed by atoms with van der Waals surface area (Å²) in [7, 11) is 4.58. The van der Waals surface area contributed by atoms with Crippen molar-refractivity contribution in [2.24, 2.45) is 0 Å². The van der Waals surface area contributed by atoms with Gasteiger partial charge in [0.05, 0.1) is 27.4 Å². The van der Waals surface area contributed by atoms with Crippen LogP contribution < -0.4 is 19.5 Å². The lowest BCUT2D eigenvalue weighted by atomic mass is 10.0. The maximum Gasteiger partial charge on any atom is 0.251 e. The molecule has 6 heteroatoms. The van der Waals surface area contributed by atoms with Crippen molar-refractivity contribution in [2.75, 3.05) is 21.3 Å². The number of rotatable bonds is 8. The third-order valence-electron chi connectivity index (χ3n) is 4.00. The van der Waals surface area contributed by atoms with Gasteiger partial charge in [0.2, 0.25) is 5.75 Å². The molecule has 0 saturated heterocycles. The molecule has 26 heavy (non-hydrogen) atoms. The highest BCUT2D eigenvalue weighted by Crippen LogP contribution is 2.38. The van der Waals surface area contributed by atoms with Crippen molar-refractivity contribution in [2.45, 2.75) is 19.4 Å². The van der Waals surface area contributed by atoms with E-state index in [4.69, 9.17) is 14.2 Å². The SMILES string of the molecule is COc1cc(C[C@@H](NC(=O)c2ccccc2)C(C)=O)cc(OC)c1OC. The van der Waals surface area contributed by atoms with Crippen molar-refractivity contribution in [3.05, 3.63) is 53.6 Å². The lowest BCUT2D eigenvalue weighted by Crippen LogP contribution is -2.41. The maximum absolute atomic E-state index is 12.4. The molecule has 0 aliphatic heterocycles. The summed E-state index contributed by atoms with van der Waals surface area (Å²) in [5, 5.41) is 2.78. The van der Waals surface area contributed by atoms with E-state index in [1.807, 2.05) is 6.07 Å². The Labute approximate surface area is 153 Å². The van der Waals surface area contributed by atoms with Crippen LogP contribution in [0.1, 0.15) is 22.8 Å². The molecule has 0 aromatic heterocycles. The predicted octanol–water partition coefficient (Wildman–Crippen LogP) is 2.64. The van der Waals surface area contributed by atoms with E-state index in [9.17, 15) is 9.59 Å². The van der Waals surface area contributed by atoms with E-state index in [1.54, 1.807) is 36.4 Å². The average molecular weight is 357 g/mol. The monoisotopic (exact) mass is 357 g/mol. The molecule has 0 aliphatic carbocycles. The van der Waals surface area contributed by atoms with Gasteiger partial charge in [0, 0.05) is 12.0 Å². The number of hydrogen-bond acceptors (Lipinski definition) is 5. The standard InChI is InChI=1S/C20H23NO5/c1-13(22)16(21-20(23)15-8-6-5-7-9-15)10-14-11-17(24-2)19(26-4)18(12-14)25-3/h5-9,11-12,16H,10H2,1-4H3,(H,21,23)/t16-/m1/s1. The Bertz CT molecular complexity index is 748. The number of nitrogens with one attached hydrogen (secondary N) is 1. The van der Waals surface area contributed by atoms with Crippen molar-refractivity contribution in [1.29, 1.82) is 0 Å². The molecule has 0 aliphatic rings. The highest BCUT2D eigenvalue weighted by Gasteiger charge is 2.21. The van der Waals surface area contributed by atoms with E-state index in [1.165, 1.54) is 28.3 Å². The Morgan fingerprint density at radius 1 is 0.962 bits per heavy atom. The summed E-state index contributed by atoms with van der Waals surface area (Å²) in [6, 6.07) is 11.7. The summed E-state index contributed by atoms with van der Waals surface area (Å²) in [5.41, 5.74) is 1.29. The second-order valence-electron chi connectivity index (χ2n) is 5.74. The fourth-order valence-electron chi connectivity index (χ4n) is 2.62. The largest absolute Gasteiger partial charge is 0.493 e. The molecule has 0 unspecified atom stereocenters. The van der Waals surface area contributed by atoms with E-state index >= 15 is 0 Å². The molecular weight excluding hydrogens is 334 g/mol. The zero-order chi connectivity index (χ0) is 19.1. The summed E-state index contributed by atoms with van der Waals surface area (Å²) >= 11 is 0. The van der Waals surface area contributed by atoms with Crippen molar-refractivity contribution < 1.29 is 23.8 Å². The Hall–Kier alpha value is -3.02. The third kappa shape index (κ3) is 4.53. The van der Waals surface area contributed by atoms with Crippen molar-refractivity contribution >= 4 is 11.7 Å². The lowest BCUT2D eigenvalue weighted by Gasteiger charge is -2.18. The van der Waals surface area contributed by atoms with Gasteiger partial charge in [-0.05, 0) is 36.8 Å². The minimum atomic E-state index is -0.662. The number of amides is 1. The van der Waals surface area contributed by atoms with Crippen molar-refractivity contribution in [1.82, 2.24) is 5.32 Å². The number of benzene rings is 2. The molecule has 0 bridgehead atoms. The van der Waals surface area contributed by atoms with Gasteiger partial charge in [0.15, 0.2) is 17.3 Å². The Morgan fingerprint density at radius 3 is 2.00 bits per heavy atom. The minimum absolute atomic E-state index is 0.136. The second-order valence-corrected chi connectivity index (χ2v) is 5.74. The molecule has 2 aromatic rings. The highest BCUT2D eigenvalue weighted by atomic mass is 16.5. The number of hydrogen-bond donors (Lipinski definition) is 1. The highest BCUT2D eigenvalue weighted by molar-refractivity contribution is 5.97. The maximum atomic E-state index is 12.4. The van der Waals surface area contributed by atoms with Gasteiger partial charge in [0.25, 0.3) is 5.91 Å². The first-order valence-electron chi connectivity index (χ1n) is 8.15. The molecular formula is C20H23NO5. The van der Waals surface area contributed by atoms with Crippen LogP contribution in [0.2, 0.25) is 0 Å². The molecule has 0 spiro atoms. The Kier molecular flexibility index (Phi) is 6.60. The summed E-state index contributed by atoms with van der Waals surface area (Å²) in [5.74, 6) is 1.05. The van der Waals surface area contributed by atoms with E-state index < -0.39 is 6.04 Å². The molecule has 0 heterocycles. The first kappa shape index (κ1) is 19.3. The first-order chi connectivity index (χ1) is 12.5. The fourth-order valence-corrected chi connectivity index (χ4v) is 2.62. The summed E-state index contributed by atoms with van der Waals surface area (Å²) < 4.78 is 16.0. The summed E-state index contributed by atoms with van der Waals surface area (Å²) in [6.07, 6.45) is 0.310. The lowest BCUT2D eigenvalue weighted by molar-refractivity contribution is -0.118. The average Bonchev–Trinajstić information content (AvgIpc) is 2.66. The molecule has 2 aromatic carbocycles. The van der Waals surface area contributed by atoms with E-state index in [0.717, 1.165) is 5.56 Å². The summed E-state index contributed by atoms with van der Waals surface area (Å²) in [4.78, 5) is 24.4. The van der Waals surface area contributed by atoms with Crippen LogP contribution in [-0.2, 0) is 11.2 Å². The molecule has 1 amide bonds.